The summed E-state index contributed by atoms with van der Waals surface area (Å²) in [5.41, 5.74) is 6.84. The summed E-state index contributed by atoms with van der Waals surface area (Å²) in [7, 11) is 0. The summed E-state index contributed by atoms with van der Waals surface area (Å²) >= 11 is 0. The molecule has 0 bridgehead atoms. The van der Waals surface area contributed by atoms with Gasteiger partial charge in [0.15, 0.2) is 5.82 Å². The van der Waals surface area contributed by atoms with Gasteiger partial charge in [0, 0.05) is 11.9 Å². The maximum atomic E-state index is 6.26. The number of nitrogens with two attached hydrogens (primary N) is 1. The van der Waals surface area contributed by atoms with Gasteiger partial charge in [-0.3, -0.25) is 5.10 Å². The van der Waals surface area contributed by atoms with Crippen LogP contribution in [0.4, 0.5) is 0 Å². The summed E-state index contributed by atoms with van der Waals surface area (Å²) < 4.78 is 5.23. The van der Waals surface area contributed by atoms with Gasteiger partial charge in [-0.25, -0.2) is 0 Å². The van der Waals surface area contributed by atoms with Gasteiger partial charge in [-0.1, -0.05) is 18.0 Å². The number of nitrogens with zero attached hydrogens (tertiary/aromatic N) is 3. The molecule has 6 heteroatoms. The Kier molecular flexibility index (Phi) is 2.44. The predicted octanol–water partition coefficient (Wildman–Crippen LogP) is 1.11. The van der Waals surface area contributed by atoms with Gasteiger partial charge in [0.25, 0.3) is 0 Å². The number of hydrogen-bond acceptors (Lipinski definition) is 5. The van der Waals surface area contributed by atoms with Gasteiger partial charge in [-0.15, -0.1) is 0 Å². The van der Waals surface area contributed by atoms with Crippen LogP contribution in [0.1, 0.15) is 43.1 Å². The molecular formula is C11H15N5O. The van der Waals surface area contributed by atoms with E-state index in [2.05, 4.69) is 20.3 Å². The lowest BCUT2D eigenvalue weighted by molar-refractivity contribution is 0.351. The maximum Gasteiger partial charge on any atom is 0.232 e. The molecule has 0 radical (unpaired) electrons. The van der Waals surface area contributed by atoms with Crippen LogP contribution in [0.25, 0.3) is 0 Å². The first-order valence-corrected chi connectivity index (χ1v) is 5.86. The molecule has 6 nitrogen and oxygen atoms in total. The standard InChI is InChI=1S/C11H15N5O/c12-11(4-1-2-5-11)10-14-9(17-16-10)7-8-3-6-13-15-8/h3,6H,1-2,4-5,7,12H2,(H,13,15). The fourth-order valence-corrected chi connectivity index (χ4v) is 2.30. The second-order valence-electron chi connectivity index (χ2n) is 4.63. The molecule has 3 rings (SSSR count). The molecular weight excluding hydrogens is 218 g/mol. The predicted molar refractivity (Wildman–Crippen MR) is 60.0 cm³/mol. The number of rotatable bonds is 3. The molecule has 17 heavy (non-hydrogen) atoms. The van der Waals surface area contributed by atoms with Gasteiger partial charge in [0.05, 0.1) is 12.0 Å². The third-order valence-electron chi connectivity index (χ3n) is 3.31. The minimum atomic E-state index is -0.379. The van der Waals surface area contributed by atoms with E-state index in [-0.39, 0.29) is 5.54 Å². The van der Waals surface area contributed by atoms with Crippen molar-refractivity contribution in [2.24, 2.45) is 5.73 Å². The Morgan fingerprint density at radius 1 is 1.41 bits per heavy atom. The van der Waals surface area contributed by atoms with Crippen LogP contribution in [0.3, 0.4) is 0 Å². The number of aromatic nitrogens is 4. The number of H-pyrrole nitrogens is 1. The highest BCUT2D eigenvalue weighted by Gasteiger charge is 2.35. The minimum Gasteiger partial charge on any atom is -0.339 e. The zero-order valence-corrected chi connectivity index (χ0v) is 9.52. The number of nitrogens with one attached hydrogen (secondary N) is 1. The topological polar surface area (TPSA) is 93.6 Å². The molecule has 3 N–H and O–H groups in total. The molecule has 0 saturated heterocycles. The van der Waals surface area contributed by atoms with E-state index in [4.69, 9.17) is 10.3 Å². The average molecular weight is 233 g/mol. The van der Waals surface area contributed by atoms with Crippen molar-refractivity contribution < 1.29 is 4.52 Å². The first-order valence-electron chi connectivity index (χ1n) is 5.86. The highest BCUT2D eigenvalue weighted by Crippen LogP contribution is 2.34. The third-order valence-corrected chi connectivity index (χ3v) is 3.31. The lowest BCUT2D eigenvalue weighted by Crippen LogP contribution is -2.34. The normalized spacial score (nSPS) is 18.6. The van der Waals surface area contributed by atoms with Crippen molar-refractivity contribution in [2.45, 2.75) is 37.6 Å². The summed E-state index contributed by atoms with van der Waals surface area (Å²) in [6.07, 6.45) is 6.44. The molecule has 0 unspecified atom stereocenters. The highest BCUT2D eigenvalue weighted by molar-refractivity contribution is 5.09. The van der Waals surface area contributed by atoms with Crippen LogP contribution in [0.5, 0.6) is 0 Å². The van der Waals surface area contributed by atoms with E-state index < -0.39 is 0 Å². The lowest BCUT2D eigenvalue weighted by atomic mass is 9.99. The van der Waals surface area contributed by atoms with Crippen LogP contribution >= 0.6 is 0 Å². The molecule has 0 aliphatic heterocycles. The molecule has 2 heterocycles. The van der Waals surface area contributed by atoms with Crippen molar-refractivity contribution in [3.63, 3.8) is 0 Å². The molecule has 1 saturated carbocycles. The second-order valence-corrected chi connectivity index (χ2v) is 4.63. The van der Waals surface area contributed by atoms with Crippen molar-refractivity contribution in [3.8, 4) is 0 Å². The fourth-order valence-electron chi connectivity index (χ4n) is 2.30. The molecule has 2 aromatic heterocycles. The Labute approximate surface area is 98.6 Å². The molecule has 90 valence electrons. The van der Waals surface area contributed by atoms with E-state index in [1.54, 1.807) is 6.20 Å². The summed E-state index contributed by atoms with van der Waals surface area (Å²) in [5, 5.41) is 10.7. The van der Waals surface area contributed by atoms with Crippen LogP contribution in [-0.4, -0.2) is 20.3 Å². The quantitative estimate of drug-likeness (QED) is 0.828. The monoisotopic (exact) mass is 233 g/mol. The smallest absolute Gasteiger partial charge is 0.232 e. The van der Waals surface area contributed by atoms with Crippen molar-refractivity contribution in [2.75, 3.05) is 0 Å². The summed E-state index contributed by atoms with van der Waals surface area (Å²) in [4.78, 5) is 4.39. The van der Waals surface area contributed by atoms with Crippen molar-refractivity contribution in [3.05, 3.63) is 29.7 Å². The Balaban J connectivity index is 1.78. The molecule has 0 atom stereocenters. The molecule has 1 fully saturated rings. The van der Waals surface area contributed by atoms with E-state index in [0.29, 0.717) is 18.1 Å². The van der Waals surface area contributed by atoms with Gasteiger partial charge in [-0.2, -0.15) is 10.1 Å². The van der Waals surface area contributed by atoms with Crippen LogP contribution in [-0.2, 0) is 12.0 Å². The van der Waals surface area contributed by atoms with Crippen molar-refractivity contribution in [1.29, 1.82) is 0 Å². The van der Waals surface area contributed by atoms with Gasteiger partial charge < -0.3 is 10.3 Å². The SMILES string of the molecule is NC1(c2noc(Cc3ccn[nH]3)n2)CCCC1. The summed E-state index contributed by atoms with van der Waals surface area (Å²) in [6.45, 7) is 0. The molecule has 0 spiro atoms. The van der Waals surface area contributed by atoms with Gasteiger partial charge in [0.2, 0.25) is 5.89 Å². The first kappa shape index (κ1) is 10.5. The Morgan fingerprint density at radius 3 is 2.94 bits per heavy atom. The van der Waals surface area contributed by atoms with E-state index in [1.165, 1.54) is 0 Å². The number of hydrogen-bond donors (Lipinski definition) is 2. The lowest BCUT2D eigenvalue weighted by Gasteiger charge is -2.17. The fraction of sp³-hybridized carbons (Fsp3) is 0.545. The maximum absolute atomic E-state index is 6.26. The summed E-state index contributed by atoms with van der Waals surface area (Å²) in [5.74, 6) is 1.23. The zero-order chi connectivity index (χ0) is 11.7. The van der Waals surface area contributed by atoms with E-state index in [0.717, 1.165) is 31.4 Å². The molecule has 1 aliphatic carbocycles. The van der Waals surface area contributed by atoms with Crippen molar-refractivity contribution >= 4 is 0 Å². The molecule has 0 amide bonds. The second kappa shape index (κ2) is 3.96. The van der Waals surface area contributed by atoms with E-state index >= 15 is 0 Å². The van der Waals surface area contributed by atoms with E-state index in [1.807, 2.05) is 6.07 Å². The Hall–Kier alpha value is -1.69. The Morgan fingerprint density at radius 2 is 2.24 bits per heavy atom. The van der Waals surface area contributed by atoms with Crippen molar-refractivity contribution in [1.82, 2.24) is 20.3 Å². The molecule has 0 aromatic carbocycles. The largest absolute Gasteiger partial charge is 0.339 e. The van der Waals surface area contributed by atoms with Crippen LogP contribution in [0.2, 0.25) is 0 Å². The molecule has 1 aliphatic rings. The highest BCUT2D eigenvalue weighted by atomic mass is 16.5. The van der Waals surface area contributed by atoms with E-state index in [9.17, 15) is 0 Å². The zero-order valence-electron chi connectivity index (χ0n) is 9.52. The number of aromatic amines is 1. The average Bonchev–Trinajstić information content (AvgIpc) is 3.00. The van der Waals surface area contributed by atoms with Gasteiger partial charge in [-0.05, 0) is 18.9 Å². The summed E-state index contributed by atoms with van der Waals surface area (Å²) in [6, 6.07) is 1.89. The molecule has 2 aromatic rings. The van der Waals surface area contributed by atoms with Crippen LogP contribution in [0, 0.1) is 0 Å². The van der Waals surface area contributed by atoms with Gasteiger partial charge >= 0.3 is 0 Å². The van der Waals surface area contributed by atoms with Crippen LogP contribution in [0.15, 0.2) is 16.8 Å². The first-order chi connectivity index (χ1) is 8.26. The minimum absolute atomic E-state index is 0.379. The van der Waals surface area contributed by atoms with Gasteiger partial charge in [0.1, 0.15) is 0 Å². The Bertz CT molecular complexity index is 484. The van der Waals surface area contributed by atoms with Crippen LogP contribution < -0.4 is 5.73 Å². The third kappa shape index (κ3) is 1.95.